The smallest absolute Gasteiger partial charge is 0.282 e. The van der Waals surface area contributed by atoms with E-state index in [-0.39, 0.29) is 4.90 Å². The zero-order valence-corrected chi connectivity index (χ0v) is 11.5. The molecule has 0 saturated heterocycles. The molecule has 2 aromatic rings. The number of unbranched alkanes of at least 4 members (excludes halogenated alkanes) is 1. The van der Waals surface area contributed by atoms with Crippen LogP contribution in [-0.4, -0.2) is 24.2 Å². The second kappa shape index (κ2) is 5.88. The molecule has 0 radical (unpaired) electrons. The molecule has 0 spiro atoms. The summed E-state index contributed by atoms with van der Waals surface area (Å²) in [6.45, 7) is 2.73. The highest BCUT2D eigenvalue weighted by atomic mass is 32.2. The molecule has 0 fully saturated rings. The molecule has 2 rings (SSSR count). The highest BCUT2D eigenvalue weighted by Gasteiger charge is 2.16. The van der Waals surface area contributed by atoms with Crippen LogP contribution < -0.4 is 4.74 Å². The van der Waals surface area contributed by atoms with Crippen LogP contribution >= 0.6 is 0 Å². The van der Waals surface area contributed by atoms with Crippen molar-refractivity contribution in [3.05, 3.63) is 42.7 Å². The van der Waals surface area contributed by atoms with Gasteiger partial charge in [-0.3, -0.25) is 0 Å². The molecular weight excluding hydrogens is 264 g/mol. The fraction of sp³-hybridized carbons (Fsp3) is 0.308. The Morgan fingerprint density at radius 3 is 2.58 bits per heavy atom. The SMILES string of the molecule is CCCCOc1ccc(S(=O)(=O)n2cccn2)cc1. The van der Waals surface area contributed by atoms with Gasteiger partial charge >= 0.3 is 0 Å². The monoisotopic (exact) mass is 280 g/mol. The first-order valence-electron chi connectivity index (χ1n) is 6.12. The van der Waals surface area contributed by atoms with E-state index in [2.05, 4.69) is 12.0 Å². The average molecular weight is 280 g/mol. The first-order chi connectivity index (χ1) is 9.14. The van der Waals surface area contributed by atoms with Gasteiger partial charge in [-0.1, -0.05) is 13.3 Å². The van der Waals surface area contributed by atoms with Crippen LogP contribution in [0, 0.1) is 0 Å². The van der Waals surface area contributed by atoms with Crippen molar-refractivity contribution >= 4 is 10.0 Å². The average Bonchev–Trinajstić information content (AvgIpc) is 2.94. The van der Waals surface area contributed by atoms with Crippen LogP contribution in [0.25, 0.3) is 0 Å². The van der Waals surface area contributed by atoms with Crippen molar-refractivity contribution in [2.24, 2.45) is 0 Å². The van der Waals surface area contributed by atoms with Crippen molar-refractivity contribution in [1.29, 1.82) is 0 Å². The predicted molar refractivity (Wildman–Crippen MR) is 71.7 cm³/mol. The third-order valence-corrected chi connectivity index (χ3v) is 4.19. The van der Waals surface area contributed by atoms with Gasteiger partial charge in [0.15, 0.2) is 0 Å². The minimum atomic E-state index is -3.59. The second-order valence-corrected chi connectivity index (χ2v) is 5.85. The molecule has 0 unspecified atom stereocenters. The summed E-state index contributed by atoms with van der Waals surface area (Å²) in [5.41, 5.74) is 0. The molecule has 0 amide bonds. The summed E-state index contributed by atoms with van der Waals surface area (Å²) in [5, 5.41) is 3.74. The van der Waals surface area contributed by atoms with Gasteiger partial charge in [0.05, 0.1) is 17.7 Å². The second-order valence-electron chi connectivity index (χ2n) is 4.06. The lowest BCUT2D eigenvalue weighted by Gasteiger charge is -2.07. The maximum Gasteiger partial charge on any atom is 0.282 e. The molecule has 6 heteroatoms. The zero-order valence-electron chi connectivity index (χ0n) is 10.7. The molecule has 1 heterocycles. The molecule has 0 aliphatic carbocycles. The minimum absolute atomic E-state index is 0.194. The van der Waals surface area contributed by atoms with Crippen molar-refractivity contribution < 1.29 is 13.2 Å². The Bertz CT molecular complexity index is 604. The molecule has 19 heavy (non-hydrogen) atoms. The van der Waals surface area contributed by atoms with Crippen LogP contribution in [0.3, 0.4) is 0 Å². The van der Waals surface area contributed by atoms with Crippen LogP contribution in [-0.2, 0) is 10.0 Å². The summed E-state index contributed by atoms with van der Waals surface area (Å²) in [6.07, 6.45) is 4.87. The lowest BCUT2D eigenvalue weighted by molar-refractivity contribution is 0.309. The molecule has 5 nitrogen and oxygen atoms in total. The van der Waals surface area contributed by atoms with Crippen LogP contribution in [0.2, 0.25) is 0 Å². The third kappa shape index (κ3) is 3.14. The lowest BCUT2D eigenvalue weighted by atomic mass is 10.3. The summed E-state index contributed by atoms with van der Waals surface area (Å²) in [6, 6.07) is 7.94. The minimum Gasteiger partial charge on any atom is -0.494 e. The van der Waals surface area contributed by atoms with Crippen molar-refractivity contribution in [3.63, 3.8) is 0 Å². The van der Waals surface area contributed by atoms with Gasteiger partial charge in [0.2, 0.25) is 0 Å². The van der Waals surface area contributed by atoms with Gasteiger partial charge in [-0.25, -0.2) is 0 Å². The summed E-state index contributed by atoms with van der Waals surface area (Å²) in [5.74, 6) is 0.674. The van der Waals surface area contributed by atoms with E-state index < -0.39 is 10.0 Å². The van der Waals surface area contributed by atoms with Crippen molar-refractivity contribution in [2.75, 3.05) is 6.61 Å². The summed E-state index contributed by atoms with van der Waals surface area (Å²) >= 11 is 0. The fourth-order valence-electron chi connectivity index (χ4n) is 1.55. The summed E-state index contributed by atoms with van der Waals surface area (Å²) in [7, 11) is -3.59. The molecular formula is C13H16N2O3S. The summed E-state index contributed by atoms with van der Waals surface area (Å²) in [4.78, 5) is 0.194. The molecule has 0 aliphatic rings. The third-order valence-electron chi connectivity index (χ3n) is 2.61. The largest absolute Gasteiger partial charge is 0.494 e. The van der Waals surface area contributed by atoms with Crippen molar-refractivity contribution in [3.8, 4) is 5.75 Å². The maximum atomic E-state index is 12.1. The van der Waals surface area contributed by atoms with Crippen molar-refractivity contribution in [2.45, 2.75) is 24.7 Å². The Morgan fingerprint density at radius 1 is 1.26 bits per heavy atom. The quantitative estimate of drug-likeness (QED) is 0.762. The fourth-order valence-corrected chi connectivity index (χ4v) is 2.65. The summed E-state index contributed by atoms with van der Waals surface area (Å²) < 4.78 is 30.7. The number of hydrogen-bond donors (Lipinski definition) is 0. The van der Waals surface area contributed by atoms with Crippen molar-refractivity contribution in [1.82, 2.24) is 9.19 Å². The highest BCUT2D eigenvalue weighted by molar-refractivity contribution is 7.89. The van der Waals surface area contributed by atoms with E-state index in [4.69, 9.17) is 4.74 Å². The van der Waals surface area contributed by atoms with E-state index in [9.17, 15) is 8.42 Å². The van der Waals surface area contributed by atoms with E-state index in [0.717, 1.165) is 16.9 Å². The highest BCUT2D eigenvalue weighted by Crippen LogP contribution is 2.18. The van der Waals surface area contributed by atoms with Gasteiger partial charge in [-0.05, 0) is 36.8 Å². The van der Waals surface area contributed by atoms with Crippen LogP contribution in [0.1, 0.15) is 19.8 Å². The molecule has 0 atom stereocenters. The first kappa shape index (κ1) is 13.6. The van der Waals surface area contributed by atoms with Gasteiger partial charge < -0.3 is 4.74 Å². The number of aromatic nitrogens is 2. The molecule has 0 bridgehead atoms. The zero-order chi connectivity index (χ0) is 13.7. The van der Waals surface area contributed by atoms with Gasteiger partial charge in [0, 0.05) is 6.20 Å². The molecule has 1 aromatic carbocycles. The van der Waals surface area contributed by atoms with E-state index in [1.165, 1.54) is 24.5 Å². The first-order valence-corrected chi connectivity index (χ1v) is 7.56. The molecule has 0 aliphatic heterocycles. The Labute approximate surface area is 112 Å². The molecule has 102 valence electrons. The number of rotatable bonds is 6. The van der Waals surface area contributed by atoms with Gasteiger partial charge in [0.1, 0.15) is 5.75 Å². The Hall–Kier alpha value is -1.82. The molecule has 0 saturated carbocycles. The molecule has 0 N–H and O–H groups in total. The molecule has 1 aromatic heterocycles. The maximum absolute atomic E-state index is 12.1. The van der Waals surface area contributed by atoms with E-state index in [1.54, 1.807) is 18.2 Å². The normalized spacial score (nSPS) is 11.4. The Kier molecular flexibility index (Phi) is 4.21. The van der Waals surface area contributed by atoms with E-state index in [0.29, 0.717) is 12.4 Å². The van der Waals surface area contributed by atoms with E-state index in [1.807, 2.05) is 0 Å². The number of ether oxygens (including phenoxy) is 1. The number of nitrogens with zero attached hydrogens (tertiary/aromatic N) is 2. The van der Waals surface area contributed by atoms with Gasteiger partial charge in [-0.15, -0.1) is 0 Å². The van der Waals surface area contributed by atoms with Crippen LogP contribution in [0.15, 0.2) is 47.6 Å². The van der Waals surface area contributed by atoms with Crippen LogP contribution in [0.4, 0.5) is 0 Å². The van der Waals surface area contributed by atoms with Crippen LogP contribution in [0.5, 0.6) is 5.75 Å². The predicted octanol–water partition coefficient (Wildman–Crippen LogP) is 2.30. The Balaban J connectivity index is 2.14. The Morgan fingerprint density at radius 2 is 2.00 bits per heavy atom. The topological polar surface area (TPSA) is 61.2 Å². The lowest BCUT2D eigenvalue weighted by Crippen LogP contribution is -2.13. The number of benzene rings is 1. The standard InChI is InChI=1S/C13H16N2O3S/c1-2-3-11-18-12-5-7-13(8-6-12)19(16,17)15-10-4-9-14-15/h4-10H,2-3,11H2,1H3. The van der Waals surface area contributed by atoms with Gasteiger partial charge in [0.25, 0.3) is 10.0 Å². The van der Waals surface area contributed by atoms with E-state index >= 15 is 0 Å². The van der Waals surface area contributed by atoms with Gasteiger partial charge in [-0.2, -0.15) is 17.6 Å². The number of hydrogen-bond acceptors (Lipinski definition) is 4.